The second kappa shape index (κ2) is 6.87. The Hall–Kier alpha value is -1.66. The van der Waals surface area contributed by atoms with E-state index in [9.17, 15) is 14.5 Å². The number of nitro groups is 1. The summed E-state index contributed by atoms with van der Waals surface area (Å²) in [5.41, 5.74) is 0.881. The molecule has 0 saturated carbocycles. The Labute approximate surface area is 133 Å². The van der Waals surface area contributed by atoms with Crippen molar-refractivity contribution in [2.75, 3.05) is 0 Å². The number of alkyl halides is 1. The maximum atomic E-state index is 13.6. The largest absolute Gasteiger partial charge is 0.482 e. The van der Waals surface area contributed by atoms with E-state index in [1.807, 2.05) is 0 Å². The van der Waals surface area contributed by atoms with Gasteiger partial charge >= 0.3 is 5.69 Å². The summed E-state index contributed by atoms with van der Waals surface area (Å²) >= 11 is 8.89. The van der Waals surface area contributed by atoms with E-state index in [4.69, 9.17) is 16.3 Å². The molecule has 0 aliphatic heterocycles. The number of hydrogen-bond acceptors (Lipinski definition) is 3. The van der Waals surface area contributed by atoms with Gasteiger partial charge in [-0.3, -0.25) is 10.1 Å². The molecule has 7 heteroatoms. The van der Waals surface area contributed by atoms with Crippen LogP contribution in [0.3, 0.4) is 0 Å². The Balaban J connectivity index is 2.21. The summed E-state index contributed by atoms with van der Waals surface area (Å²) in [6.45, 7) is -0.114. The summed E-state index contributed by atoms with van der Waals surface area (Å²) < 4.78 is 19.0. The van der Waals surface area contributed by atoms with Crippen LogP contribution in [0.1, 0.15) is 11.1 Å². The third-order valence-electron chi connectivity index (χ3n) is 2.77. The molecule has 2 rings (SSSR count). The van der Waals surface area contributed by atoms with Crippen LogP contribution in [0.5, 0.6) is 5.75 Å². The number of benzene rings is 2. The molecule has 2 aromatic rings. The van der Waals surface area contributed by atoms with Crippen molar-refractivity contribution in [1.82, 2.24) is 0 Å². The predicted molar refractivity (Wildman–Crippen MR) is 81.5 cm³/mol. The summed E-state index contributed by atoms with van der Waals surface area (Å²) in [7, 11) is 0. The normalized spacial score (nSPS) is 10.4. The summed E-state index contributed by atoms with van der Waals surface area (Å²) in [4.78, 5) is 10.5. The van der Waals surface area contributed by atoms with Gasteiger partial charge in [-0.15, -0.1) is 0 Å². The fourth-order valence-electron chi connectivity index (χ4n) is 1.71. The highest BCUT2D eigenvalue weighted by Gasteiger charge is 2.16. The van der Waals surface area contributed by atoms with Crippen LogP contribution in [-0.2, 0) is 11.9 Å². The standard InChI is InChI=1S/C14H10BrClFNO3/c15-7-9-1-4-14(13(5-9)18(19)20)21-8-10-2-3-11(16)6-12(10)17/h1-6H,7-8H2. The quantitative estimate of drug-likeness (QED) is 0.426. The maximum absolute atomic E-state index is 13.6. The number of hydrogen-bond donors (Lipinski definition) is 0. The molecule has 0 spiro atoms. The Kier molecular flexibility index (Phi) is 5.14. The molecule has 0 fully saturated rings. The molecule has 0 heterocycles. The molecule has 0 amide bonds. The van der Waals surface area contributed by atoms with Gasteiger partial charge in [-0.1, -0.05) is 39.7 Å². The Bertz CT molecular complexity index is 681. The monoisotopic (exact) mass is 373 g/mol. The van der Waals surface area contributed by atoms with Crippen LogP contribution in [0.25, 0.3) is 0 Å². The molecule has 2 aromatic carbocycles. The molecule has 4 nitrogen and oxygen atoms in total. The van der Waals surface area contributed by atoms with Gasteiger partial charge in [-0.25, -0.2) is 4.39 Å². The average Bonchev–Trinajstić information content (AvgIpc) is 2.46. The predicted octanol–water partition coefficient (Wildman–Crippen LogP) is 4.86. The molecular weight excluding hydrogens is 365 g/mol. The van der Waals surface area contributed by atoms with Crippen LogP contribution in [0.15, 0.2) is 36.4 Å². The lowest BCUT2D eigenvalue weighted by molar-refractivity contribution is -0.386. The van der Waals surface area contributed by atoms with Gasteiger partial charge in [-0.2, -0.15) is 0 Å². The van der Waals surface area contributed by atoms with Crippen molar-refractivity contribution in [3.05, 3.63) is 68.5 Å². The molecule has 0 bridgehead atoms. The lowest BCUT2D eigenvalue weighted by Crippen LogP contribution is -2.01. The maximum Gasteiger partial charge on any atom is 0.311 e. The van der Waals surface area contributed by atoms with Gasteiger partial charge < -0.3 is 4.74 Å². The van der Waals surface area contributed by atoms with Crippen molar-refractivity contribution in [3.8, 4) is 5.75 Å². The van der Waals surface area contributed by atoms with Crippen molar-refractivity contribution in [2.24, 2.45) is 0 Å². The number of ether oxygens (including phenoxy) is 1. The highest BCUT2D eigenvalue weighted by atomic mass is 79.9. The minimum atomic E-state index is -0.528. The van der Waals surface area contributed by atoms with Crippen LogP contribution >= 0.6 is 27.5 Å². The van der Waals surface area contributed by atoms with Crippen LogP contribution < -0.4 is 4.74 Å². The van der Waals surface area contributed by atoms with E-state index in [0.29, 0.717) is 5.33 Å². The van der Waals surface area contributed by atoms with E-state index < -0.39 is 10.7 Å². The Morgan fingerprint density at radius 1 is 1.29 bits per heavy atom. The molecule has 0 aliphatic carbocycles. The van der Waals surface area contributed by atoms with Crippen molar-refractivity contribution in [2.45, 2.75) is 11.9 Å². The lowest BCUT2D eigenvalue weighted by Gasteiger charge is -2.08. The number of halogens is 3. The van der Waals surface area contributed by atoms with Crippen molar-refractivity contribution in [3.63, 3.8) is 0 Å². The molecule has 0 atom stereocenters. The zero-order valence-corrected chi connectivity index (χ0v) is 13.0. The molecular formula is C14H10BrClFNO3. The molecule has 0 aliphatic rings. The first-order chi connectivity index (χ1) is 10.0. The summed E-state index contributed by atoms with van der Waals surface area (Å²) in [6, 6.07) is 8.81. The van der Waals surface area contributed by atoms with E-state index >= 15 is 0 Å². The topological polar surface area (TPSA) is 52.4 Å². The van der Waals surface area contributed by atoms with Gasteiger partial charge in [0.05, 0.1) is 4.92 Å². The fourth-order valence-corrected chi connectivity index (χ4v) is 2.21. The summed E-state index contributed by atoms with van der Waals surface area (Å²) in [6.07, 6.45) is 0. The third kappa shape index (κ3) is 3.92. The molecule has 0 saturated heterocycles. The SMILES string of the molecule is O=[N+]([O-])c1cc(CBr)ccc1OCc1ccc(Cl)cc1F. The molecule has 110 valence electrons. The zero-order valence-electron chi connectivity index (χ0n) is 10.7. The van der Waals surface area contributed by atoms with E-state index in [1.54, 1.807) is 6.07 Å². The second-order valence-corrected chi connectivity index (χ2v) is 5.21. The van der Waals surface area contributed by atoms with E-state index in [1.165, 1.54) is 30.3 Å². The lowest BCUT2D eigenvalue weighted by atomic mass is 10.2. The van der Waals surface area contributed by atoms with E-state index in [2.05, 4.69) is 15.9 Å². The van der Waals surface area contributed by atoms with Gasteiger partial charge in [0.2, 0.25) is 0 Å². The first kappa shape index (κ1) is 15.7. The Morgan fingerprint density at radius 3 is 2.67 bits per heavy atom. The molecule has 0 aromatic heterocycles. The van der Waals surface area contributed by atoms with Gasteiger partial charge in [0.25, 0.3) is 0 Å². The minimum Gasteiger partial charge on any atom is -0.482 e. The van der Waals surface area contributed by atoms with Crippen molar-refractivity contribution in [1.29, 1.82) is 0 Å². The number of nitrogens with zero attached hydrogens (tertiary/aromatic N) is 1. The average molecular weight is 375 g/mol. The molecule has 0 N–H and O–H groups in total. The second-order valence-electron chi connectivity index (χ2n) is 4.22. The van der Waals surface area contributed by atoms with Gasteiger partial charge in [0.15, 0.2) is 5.75 Å². The third-order valence-corrected chi connectivity index (χ3v) is 3.66. The first-order valence-electron chi connectivity index (χ1n) is 5.91. The minimum absolute atomic E-state index is 0.0963. The van der Waals surface area contributed by atoms with Crippen LogP contribution in [0.4, 0.5) is 10.1 Å². The highest BCUT2D eigenvalue weighted by Crippen LogP contribution is 2.29. The molecule has 0 radical (unpaired) electrons. The van der Waals surface area contributed by atoms with Crippen LogP contribution in [0.2, 0.25) is 5.02 Å². The van der Waals surface area contributed by atoms with E-state index in [-0.39, 0.29) is 28.6 Å². The number of nitro benzene ring substituents is 1. The molecule has 0 unspecified atom stereocenters. The van der Waals surface area contributed by atoms with Crippen LogP contribution in [-0.4, -0.2) is 4.92 Å². The molecule has 21 heavy (non-hydrogen) atoms. The van der Waals surface area contributed by atoms with Gasteiger partial charge in [0.1, 0.15) is 12.4 Å². The van der Waals surface area contributed by atoms with Crippen molar-refractivity contribution < 1.29 is 14.1 Å². The Morgan fingerprint density at radius 2 is 2.05 bits per heavy atom. The van der Waals surface area contributed by atoms with E-state index in [0.717, 1.165) is 5.56 Å². The highest BCUT2D eigenvalue weighted by molar-refractivity contribution is 9.08. The summed E-state index contributed by atoms with van der Waals surface area (Å²) in [5, 5.41) is 11.8. The van der Waals surface area contributed by atoms with Gasteiger partial charge in [-0.05, 0) is 23.8 Å². The smallest absolute Gasteiger partial charge is 0.311 e. The fraction of sp³-hybridized carbons (Fsp3) is 0.143. The van der Waals surface area contributed by atoms with Gasteiger partial charge in [0, 0.05) is 22.0 Å². The van der Waals surface area contributed by atoms with Crippen molar-refractivity contribution >= 4 is 33.2 Å². The zero-order chi connectivity index (χ0) is 15.4. The summed E-state index contributed by atoms with van der Waals surface area (Å²) in [5.74, 6) is -0.415. The van der Waals surface area contributed by atoms with Crippen LogP contribution in [0, 0.1) is 15.9 Å². The number of rotatable bonds is 5. The first-order valence-corrected chi connectivity index (χ1v) is 7.41.